The summed E-state index contributed by atoms with van der Waals surface area (Å²) in [5.74, 6) is -0.276. The van der Waals surface area contributed by atoms with Crippen LogP contribution in [0.1, 0.15) is 10.4 Å². The summed E-state index contributed by atoms with van der Waals surface area (Å²) in [7, 11) is 0. The van der Waals surface area contributed by atoms with Crippen LogP contribution in [-0.4, -0.2) is 23.5 Å². The number of nitrogens with one attached hydrogen (secondary N) is 1. The van der Waals surface area contributed by atoms with Crippen molar-refractivity contribution >= 4 is 17.6 Å². The number of amides is 1. The van der Waals surface area contributed by atoms with Crippen molar-refractivity contribution in [3.8, 4) is 22.6 Å². The van der Waals surface area contributed by atoms with Crippen molar-refractivity contribution in [2.45, 2.75) is 0 Å². The van der Waals surface area contributed by atoms with Crippen LogP contribution in [-0.2, 0) is 9.53 Å². The highest BCUT2D eigenvalue weighted by atomic mass is 16.5. The van der Waals surface area contributed by atoms with Crippen LogP contribution >= 0.6 is 0 Å². The third-order valence-corrected chi connectivity index (χ3v) is 4.58. The van der Waals surface area contributed by atoms with E-state index in [4.69, 9.17) is 9.47 Å². The number of ether oxygens (including phenoxy) is 2. The third-order valence-electron chi connectivity index (χ3n) is 4.58. The van der Waals surface area contributed by atoms with E-state index in [1.165, 1.54) is 0 Å². The highest BCUT2D eigenvalue weighted by Crippen LogP contribution is 2.25. The van der Waals surface area contributed by atoms with E-state index in [9.17, 15) is 9.59 Å². The molecule has 0 bridgehead atoms. The van der Waals surface area contributed by atoms with Gasteiger partial charge in [-0.05, 0) is 47.5 Å². The van der Waals surface area contributed by atoms with Crippen molar-refractivity contribution in [1.29, 1.82) is 0 Å². The van der Waals surface area contributed by atoms with E-state index in [0.29, 0.717) is 17.2 Å². The lowest BCUT2D eigenvalue weighted by Crippen LogP contribution is -2.21. The Hall–Kier alpha value is -4.45. The summed E-state index contributed by atoms with van der Waals surface area (Å²) in [4.78, 5) is 28.8. The smallest absolute Gasteiger partial charge is 0.342 e. The van der Waals surface area contributed by atoms with Crippen molar-refractivity contribution in [2.75, 3.05) is 11.9 Å². The molecule has 158 valence electrons. The molecule has 4 rings (SSSR count). The number of esters is 1. The predicted molar refractivity (Wildman–Crippen MR) is 122 cm³/mol. The highest BCUT2D eigenvalue weighted by Gasteiger charge is 2.16. The number of aromatic nitrogens is 1. The fraction of sp³-hybridized carbons (Fsp3) is 0.0385. The number of hydrogen-bond donors (Lipinski definition) is 1. The van der Waals surface area contributed by atoms with E-state index in [2.05, 4.69) is 10.3 Å². The molecule has 0 unspecified atom stereocenters. The van der Waals surface area contributed by atoms with Crippen molar-refractivity contribution in [1.82, 2.24) is 4.98 Å². The Morgan fingerprint density at radius 1 is 0.781 bits per heavy atom. The van der Waals surface area contributed by atoms with Crippen LogP contribution in [0.2, 0.25) is 0 Å². The van der Waals surface area contributed by atoms with Gasteiger partial charge in [-0.25, -0.2) is 4.79 Å². The van der Waals surface area contributed by atoms with Gasteiger partial charge in [-0.15, -0.1) is 0 Å². The molecule has 32 heavy (non-hydrogen) atoms. The maximum atomic E-state index is 12.5. The average molecular weight is 424 g/mol. The molecule has 3 aromatic carbocycles. The molecular formula is C26H20N2O4. The monoisotopic (exact) mass is 424 g/mol. The fourth-order valence-corrected chi connectivity index (χ4v) is 3.04. The van der Waals surface area contributed by atoms with Crippen molar-refractivity contribution < 1.29 is 19.1 Å². The molecule has 0 radical (unpaired) electrons. The van der Waals surface area contributed by atoms with Gasteiger partial charge in [0.25, 0.3) is 5.91 Å². The average Bonchev–Trinajstić information content (AvgIpc) is 2.84. The van der Waals surface area contributed by atoms with E-state index in [1.807, 2.05) is 42.5 Å². The Balaban J connectivity index is 1.34. The molecule has 1 aromatic heterocycles. The van der Waals surface area contributed by atoms with Crippen LogP contribution in [0, 0.1) is 0 Å². The van der Waals surface area contributed by atoms with E-state index in [-0.39, 0.29) is 5.56 Å². The van der Waals surface area contributed by atoms with E-state index < -0.39 is 18.5 Å². The van der Waals surface area contributed by atoms with Crippen molar-refractivity contribution in [2.24, 2.45) is 0 Å². The molecule has 0 saturated carbocycles. The number of carbonyl (C=O) groups excluding carboxylic acids is 2. The molecule has 0 saturated heterocycles. The highest BCUT2D eigenvalue weighted by molar-refractivity contribution is 5.97. The second-order valence-corrected chi connectivity index (χ2v) is 6.85. The molecule has 0 aliphatic heterocycles. The second kappa shape index (κ2) is 10.0. The minimum Gasteiger partial charge on any atom is -0.455 e. The Labute approximate surface area is 185 Å². The summed E-state index contributed by atoms with van der Waals surface area (Å²) in [6, 6.07) is 27.5. The van der Waals surface area contributed by atoms with Crippen LogP contribution in [0.15, 0.2) is 103 Å². The number of anilines is 1. The number of pyridine rings is 1. The molecular weight excluding hydrogens is 404 g/mol. The second-order valence-electron chi connectivity index (χ2n) is 6.85. The van der Waals surface area contributed by atoms with Gasteiger partial charge in [0.1, 0.15) is 17.1 Å². The lowest BCUT2D eigenvalue weighted by atomic mass is 10.1. The van der Waals surface area contributed by atoms with Gasteiger partial charge < -0.3 is 14.8 Å². The maximum absolute atomic E-state index is 12.5. The zero-order valence-electron chi connectivity index (χ0n) is 17.1. The Kier molecular flexibility index (Phi) is 6.53. The molecule has 0 fully saturated rings. The number of nitrogens with zero attached hydrogens (tertiary/aromatic N) is 1. The molecule has 1 N–H and O–H groups in total. The van der Waals surface area contributed by atoms with Crippen LogP contribution < -0.4 is 10.1 Å². The van der Waals surface area contributed by atoms with Crippen LogP contribution in [0.25, 0.3) is 11.1 Å². The van der Waals surface area contributed by atoms with E-state index in [0.717, 1.165) is 11.1 Å². The first-order chi connectivity index (χ1) is 15.7. The van der Waals surface area contributed by atoms with Gasteiger partial charge in [0.05, 0.1) is 6.20 Å². The van der Waals surface area contributed by atoms with E-state index >= 15 is 0 Å². The van der Waals surface area contributed by atoms with Crippen molar-refractivity contribution in [3.05, 3.63) is 109 Å². The summed E-state index contributed by atoms with van der Waals surface area (Å²) >= 11 is 0. The largest absolute Gasteiger partial charge is 0.455 e. The third kappa shape index (κ3) is 5.37. The molecule has 6 nitrogen and oxygen atoms in total. The molecule has 6 heteroatoms. The summed E-state index contributed by atoms with van der Waals surface area (Å²) in [6.07, 6.45) is 3.17. The van der Waals surface area contributed by atoms with Crippen LogP contribution in [0.4, 0.5) is 5.69 Å². The topological polar surface area (TPSA) is 77.5 Å². The Bertz CT molecular complexity index is 1190. The number of rotatable bonds is 7. The first-order valence-electron chi connectivity index (χ1n) is 9.98. The number of para-hydroxylation sites is 1. The van der Waals surface area contributed by atoms with E-state index in [1.54, 1.807) is 60.9 Å². The molecule has 1 amide bonds. The van der Waals surface area contributed by atoms with Crippen LogP contribution in [0.5, 0.6) is 11.5 Å². The summed E-state index contributed by atoms with van der Waals surface area (Å²) in [5, 5.41) is 2.73. The molecule has 1 heterocycles. The minimum atomic E-state index is -0.654. The van der Waals surface area contributed by atoms with Crippen molar-refractivity contribution in [3.63, 3.8) is 0 Å². The van der Waals surface area contributed by atoms with Gasteiger partial charge in [-0.2, -0.15) is 0 Å². The summed E-state index contributed by atoms with van der Waals surface area (Å²) < 4.78 is 10.9. The molecule has 0 spiro atoms. The molecule has 4 aromatic rings. The van der Waals surface area contributed by atoms with Gasteiger partial charge in [0.15, 0.2) is 6.61 Å². The fourth-order valence-electron chi connectivity index (χ4n) is 3.04. The standard InChI is InChI=1S/C26H20N2O4/c29-25(28-21-14-12-20(13-15-21)19-7-2-1-3-8-19)18-31-26(30)23-10-4-5-11-24(23)32-22-9-6-16-27-17-22/h1-17H,18H2,(H,28,29). The summed E-state index contributed by atoms with van der Waals surface area (Å²) in [6.45, 7) is -0.416. The first-order valence-corrected chi connectivity index (χ1v) is 9.98. The zero-order valence-corrected chi connectivity index (χ0v) is 17.1. The normalized spacial score (nSPS) is 10.2. The van der Waals surface area contributed by atoms with Gasteiger partial charge in [0.2, 0.25) is 0 Å². The Morgan fingerprint density at radius 3 is 2.25 bits per heavy atom. The first kappa shape index (κ1) is 20.8. The quantitative estimate of drug-likeness (QED) is 0.406. The minimum absolute atomic E-state index is 0.219. The summed E-state index contributed by atoms with van der Waals surface area (Å²) in [5.41, 5.74) is 2.97. The Morgan fingerprint density at radius 2 is 1.50 bits per heavy atom. The molecule has 0 aliphatic rings. The maximum Gasteiger partial charge on any atom is 0.342 e. The number of benzene rings is 3. The number of carbonyl (C=O) groups is 2. The van der Waals surface area contributed by atoms with Crippen LogP contribution in [0.3, 0.4) is 0 Å². The lowest BCUT2D eigenvalue weighted by molar-refractivity contribution is -0.119. The SMILES string of the molecule is O=C(COC(=O)c1ccccc1Oc1cccnc1)Nc1ccc(-c2ccccc2)cc1. The molecule has 0 atom stereocenters. The van der Waals surface area contributed by atoms with Gasteiger partial charge >= 0.3 is 5.97 Å². The van der Waals surface area contributed by atoms with Gasteiger partial charge in [-0.1, -0.05) is 54.6 Å². The zero-order chi connectivity index (χ0) is 22.2. The number of hydrogen-bond acceptors (Lipinski definition) is 5. The van der Waals surface area contributed by atoms with Gasteiger partial charge in [-0.3, -0.25) is 9.78 Å². The lowest BCUT2D eigenvalue weighted by Gasteiger charge is -2.11. The van der Waals surface area contributed by atoms with Gasteiger partial charge in [0, 0.05) is 11.9 Å². The predicted octanol–water partition coefficient (Wildman–Crippen LogP) is 5.34. The molecule has 0 aliphatic carbocycles.